The lowest BCUT2D eigenvalue weighted by Crippen LogP contribution is -2.42. The molecule has 4 rings (SSSR count). The predicted molar refractivity (Wildman–Crippen MR) is 101 cm³/mol. The lowest BCUT2D eigenvalue weighted by atomic mass is 9.99. The zero-order chi connectivity index (χ0) is 16.5. The quantitative estimate of drug-likeness (QED) is 0.618. The van der Waals surface area contributed by atoms with Crippen molar-refractivity contribution in [3.63, 3.8) is 0 Å². The van der Waals surface area contributed by atoms with E-state index in [0.717, 1.165) is 6.42 Å². The monoisotopic (exact) mass is 374 g/mol. The zero-order valence-corrected chi connectivity index (χ0v) is 15.1. The van der Waals surface area contributed by atoms with E-state index in [2.05, 4.69) is 28.2 Å². The molecule has 2 amide bonds. The number of urea groups is 1. The molecule has 24 heavy (non-hydrogen) atoms. The number of carbonyl (C=O) groups excluding carboxylic acids is 1. The molecule has 0 saturated carbocycles. The van der Waals surface area contributed by atoms with Gasteiger partial charge in [-0.25, -0.2) is 4.79 Å². The van der Waals surface area contributed by atoms with Crippen molar-refractivity contribution in [2.75, 3.05) is 11.9 Å². The molecule has 0 spiro atoms. The van der Waals surface area contributed by atoms with Gasteiger partial charge in [0.25, 0.3) is 0 Å². The molecule has 2 aromatic heterocycles. The fourth-order valence-electron chi connectivity index (χ4n) is 3.04. The molecule has 3 nitrogen and oxygen atoms in total. The highest BCUT2D eigenvalue weighted by molar-refractivity contribution is 7.10. The number of para-hydroxylation sites is 1. The Balaban J connectivity index is 1.66. The lowest BCUT2D eigenvalue weighted by Gasteiger charge is -2.35. The minimum Gasteiger partial charge on any atom is -0.312 e. The minimum absolute atomic E-state index is 0.0255. The summed E-state index contributed by atoms with van der Waals surface area (Å²) in [6.45, 7) is 0.701. The average molecular weight is 375 g/mol. The molecule has 0 radical (unpaired) electrons. The summed E-state index contributed by atoms with van der Waals surface area (Å²) < 4.78 is 0. The first kappa shape index (κ1) is 15.7. The van der Waals surface area contributed by atoms with Crippen LogP contribution in [0.15, 0.2) is 53.2 Å². The van der Waals surface area contributed by atoms with Gasteiger partial charge in [0.05, 0.1) is 16.8 Å². The maximum absolute atomic E-state index is 12.9. The number of rotatable bonds is 2. The van der Waals surface area contributed by atoms with Crippen molar-refractivity contribution in [1.82, 2.24) is 4.90 Å². The van der Waals surface area contributed by atoms with Gasteiger partial charge in [-0.1, -0.05) is 29.8 Å². The van der Waals surface area contributed by atoms with Crippen LogP contribution in [0.3, 0.4) is 0 Å². The van der Waals surface area contributed by atoms with Crippen molar-refractivity contribution in [3.05, 3.63) is 73.6 Å². The Hall–Kier alpha value is -1.82. The Labute approximate surface area is 153 Å². The SMILES string of the molecule is O=C(Nc1ccccc1Cl)N1CCc2sccc2C1c1cccs1. The van der Waals surface area contributed by atoms with E-state index in [4.69, 9.17) is 11.6 Å². The van der Waals surface area contributed by atoms with Gasteiger partial charge in [0.15, 0.2) is 0 Å². The van der Waals surface area contributed by atoms with E-state index in [0.29, 0.717) is 17.3 Å². The molecule has 0 bridgehead atoms. The van der Waals surface area contributed by atoms with Crippen LogP contribution in [0.2, 0.25) is 5.02 Å². The van der Waals surface area contributed by atoms with E-state index in [9.17, 15) is 4.79 Å². The summed E-state index contributed by atoms with van der Waals surface area (Å²) in [4.78, 5) is 17.4. The number of carbonyl (C=O) groups is 1. The van der Waals surface area contributed by atoms with Gasteiger partial charge in [-0.05, 0) is 47.0 Å². The third-order valence-electron chi connectivity index (χ3n) is 4.15. The maximum atomic E-state index is 12.9. The molecule has 1 aliphatic heterocycles. The molecule has 122 valence electrons. The number of thiophene rings is 2. The number of hydrogen-bond acceptors (Lipinski definition) is 3. The molecule has 1 N–H and O–H groups in total. The van der Waals surface area contributed by atoms with Gasteiger partial charge in [0.1, 0.15) is 0 Å². The molecular weight excluding hydrogens is 360 g/mol. The molecule has 6 heteroatoms. The molecule has 1 unspecified atom stereocenters. The highest BCUT2D eigenvalue weighted by Crippen LogP contribution is 2.39. The van der Waals surface area contributed by atoms with Crippen LogP contribution in [0.1, 0.15) is 21.4 Å². The second-order valence-corrected chi connectivity index (χ2v) is 7.96. The van der Waals surface area contributed by atoms with Gasteiger partial charge in [-0.2, -0.15) is 0 Å². The summed E-state index contributed by atoms with van der Waals surface area (Å²) in [6.07, 6.45) is 0.894. The number of anilines is 1. The van der Waals surface area contributed by atoms with Gasteiger partial charge in [0.2, 0.25) is 0 Å². The third kappa shape index (κ3) is 2.83. The predicted octanol–water partition coefficient (Wildman–Crippen LogP) is 5.64. The van der Waals surface area contributed by atoms with Crippen LogP contribution in [0.5, 0.6) is 0 Å². The highest BCUT2D eigenvalue weighted by atomic mass is 35.5. The summed E-state index contributed by atoms with van der Waals surface area (Å²) in [5.74, 6) is 0. The van der Waals surface area contributed by atoms with E-state index in [1.54, 1.807) is 28.7 Å². The lowest BCUT2D eigenvalue weighted by molar-refractivity contribution is 0.195. The normalized spacial score (nSPS) is 16.7. The standard InChI is InChI=1S/C18H15ClN2OS2/c19-13-4-1-2-5-14(13)20-18(22)21-9-7-15-12(8-11-24-15)17(21)16-6-3-10-23-16/h1-6,8,10-11,17H,7,9H2,(H,20,22). The van der Waals surface area contributed by atoms with E-state index in [1.165, 1.54) is 15.3 Å². The number of amides is 2. The van der Waals surface area contributed by atoms with Crippen LogP contribution in [0.25, 0.3) is 0 Å². The summed E-state index contributed by atoms with van der Waals surface area (Å²) >= 11 is 9.63. The van der Waals surface area contributed by atoms with E-state index < -0.39 is 0 Å². The van der Waals surface area contributed by atoms with Crippen molar-refractivity contribution < 1.29 is 4.79 Å². The summed E-state index contributed by atoms with van der Waals surface area (Å²) in [7, 11) is 0. The van der Waals surface area contributed by atoms with Crippen LogP contribution in [0, 0.1) is 0 Å². The largest absolute Gasteiger partial charge is 0.322 e. The van der Waals surface area contributed by atoms with Crippen LogP contribution in [-0.2, 0) is 6.42 Å². The first-order chi connectivity index (χ1) is 11.7. The second-order valence-electron chi connectivity index (χ2n) is 5.57. The Morgan fingerprint density at radius 3 is 2.79 bits per heavy atom. The number of halogens is 1. The fourth-order valence-corrected chi connectivity index (χ4v) is 4.98. The molecular formula is C18H15ClN2OS2. The van der Waals surface area contributed by atoms with E-state index >= 15 is 0 Å². The second kappa shape index (κ2) is 6.59. The van der Waals surface area contributed by atoms with Gasteiger partial charge in [-0.3, -0.25) is 0 Å². The van der Waals surface area contributed by atoms with Crippen LogP contribution in [0.4, 0.5) is 10.5 Å². The number of fused-ring (bicyclic) bond motifs is 1. The number of benzene rings is 1. The van der Waals surface area contributed by atoms with Gasteiger partial charge >= 0.3 is 6.03 Å². The number of nitrogens with one attached hydrogen (secondary N) is 1. The van der Waals surface area contributed by atoms with Crippen molar-refractivity contribution in [3.8, 4) is 0 Å². The Morgan fingerprint density at radius 2 is 2.00 bits per heavy atom. The molecule has 3 aromatic rings. The first-order valence-electron chi connectivity index (χ1n) is 7.66. The van der Waals surface area contributed by atoms with E-state index in [1.807, 2.05) is 29.2 Å². The average Bonchev–Trinajstić information content (AvgIpc) is 3.27. The third-order valence-corrected chi connectivity index (χ3v) is 6.41. The number of hydrogen-bond donors (Lipinski definition) is 1. The summed E-state index contributed by atoms with van der Waals surface area (Å²) in [6, 6.07) is 13.4. The van der Waals surface area contributed by atoms with Gasteiger partial charge in [-0.15, -0.1) is 22.7 Å². The van der Waals surface area contributed by atoms with Gasteiger partial charge < -0.3 is 10.2 Å². The highest BCUT2D eigenvalue weighted by Gasteiger charge is 2.33. The van der Waals surface area contributed by atoms with Crippen molar-refractivity contribution in [2.45, 2.75) is 12.5 Å². The molecule has 0 saturated heterocycles. The summed E-state index contributed by atoms with van der Waals surface area (Å²) in [5.41, 5.74) is 1.88. The van der Waals surface area contributed by atoms with Gasteiger partial charge in [0, 0.05) is 16.3 Å². The van der Waals surface area contributed by atoms with Crippen molar-refractivity contribution in [2.24, 2.45) is 0 Å². The van der Waals surface area contributed by atoms with E-state index in [-0.39, 0.29) is 12.1 Å². The van der Waals surface area contributed by atoms with Crippen LogP contribution in [-0.4, -0.2) is 17.5 Å². The first-order valence-corrected chi connectivity index (χ1v) is 9.79. The Kier molecular flexibility index (Phi) is 4.31. The zero-order valence-electron chi connectivity index (χ0n) is 12.7. The molecule has 0 aliphatic carbocycles. The molecule has 1 aromatic carbocycles. The fraction of sp³-hybridized carbons (Fsp3) is 0.167. The molecule has 3 heterocycles. The molecule has 1 atom stereocenters. The van der Waals surface area contributed by atoms with Crippen LogP contribution < -0.4 is 5.32 Å². The Bertz CT molecular complexity index is 860. The molecule has 1 aliphatic rings. The van der Waals surface area contributed by atoms with Crippen LogP contribution >= 0.6 is 34.3 Å². The number of nitrogens with zero attached hydrogens (tertiary/aromatic N) is 1. The minimum atomic E-state index is -0.113. The maximum Gasteiger partial charge on any atom is 0.322 e. The van der Waals surface area contributed by atoms with Crippen molar-refractivity contribution >= 4 is 46.0 Å². The molecule has 0 fully saturated rings. The van der Waals surface area contributed by atoms with Crippen molar-refractivity contribution in [1.29, 1.82) is 0 Å². The topological polar surface area (TPSA) is 32.3 Å². The smallest absolute Gasteiger partial charge is 0.312 e. The Morgan fingerprint density at radius 1 is 1.12 bits per heavy atom. The summed E-state index contributed by atoms with van der Waals surface area (Å²) in [5, 5.41) is 7.67.